The summed E-state index contributed by atoms with van der Waals surface area (Å²) in [6, 6.07) is 6.41. The number of nitrogens with zero attached hydrogens (tertiary/aromatic N) is 2. The number of benzene rings is 1. The summed E-state index contributed by atoms with van der Waals surface area (Å²) < 4.78 is 5.77. The molecule has 6 heteroatoms. The van der Waals surface area contributed by atoms with Gasteiger partial charge in [0.25, 0.3) is 0 Å². The van der Waals surface area contributed by atoms with Crippen molar-refractivity contribution < 1.29 is 14.0 Å². The van der Waals surface area contributed by atoms with E-state index < -0.39 is 0 Å². The zero-order chi connectivity index (χ0) is 19.2. The van der Waals surface area contributed by atoms with Crippen molar-refractivity contribution in [2.75, 3.05) is 6.54 Å². The molecule has 1 N–H and O–H groups in total. The minimum absolute atomic E-state index is 0.0224. The van der Waals surface area contributed by atoms with Crippen molar-refractivity contribution in [3.63, 3.8) is 0 Å². The average molecular weight is 369 g/mol. The van der Waals surface area contributed by atoms with E-state index in [4.69, 9.17) is 4.42 Å². The topological polar surface area (TPSA) is 75.4 Å². The van der Waals surface area contributed by atoms with E-state index in [1.54, 1.807) is 0 Å². The first-order valence-corrected chi connectivity index (χ1v) is 9.78. The van der Waals surface area contributed by atoms with Crippen molar-refractivity contribution in [2.45, 2.75) is 64.5 Å². The lowest BCUT2D eigenvalue weighted by molar-refractivity contribution is -0.138. The van der Waals surface area contributed by atoms with Gasteiger partial charge in [0.1, 0.15) is 5.52 Å². The second kappa shape index (κ2) is 6.66. The highest BCUT2D eigenvalue weighted by atomic mass is 16.3. The molecule has 1 atom stereocenters. The zero-order valence-electron chi connectivity index (χ0n) is 16.2. The molecule has 2 aliphatic rings. The molecule has 1 aromatic heterocycles. The zero-order valence-corrected chi connectivity index (χ0v) is 16.2. The third-order valence-corrected chi connectivity index (χ3v) is 5.51. The van der Waals surface area contributed by atoms with E-state index in [1.165, 1.54) is 5.56 Å². The van der Waals surface area contributed by atoms with E-state index in [2.05, 4.69) is 37.1 Å². The lowest BCUT2D eigenvalue weighted by Crippen LogP contribution is -2.46. The Morgan fingerprint density at radius 2 is 2.07 bits per heavy atom. The summed E-state index contributed by atoms with van der Waals surface area (Å²) in [5.74, 6) is 0.538. The number of nitrogens with one attached hydrogen (secondary N) is 1. The van der Waals surface area contributed by atoms with Crippen LogP contribution in [0.1, 0.15) is 57.9 Å². The molecule has 2 amide bonds. The molecule has 2 heterocycles. The van der Waals surface area contributed by atoms with Crippen LogP contribution in [0.4, 0.5) is 0 Å². The summed E-state index contributed by atoms with van der Waals surface area (Å²) in [5, 5.41) is 2.94. The maximum absolute atomic E-state index is 12.5. The van der Waals surface area contributed by atoms with Crippen molar-refractivity contribution in [2.24, 2.45) is 5.92 Å². The second-order valence-electron chi connectivity index (χ2n) is 8.77. The van der Waals surface area contributed by atoms with Gasteiger partial charge >= 0.3 is 0 Å². The molecule has 144 valence electrons. The Labute approximate surface area is 159 Å². The molecular weight excluding hydrogens is 342 g/mol. The Morgan fingerprint density at radius 3 is 2.78 bits per heavy atom. The number of rotatable bonds is 4. The van der Waals surface area contributed by atoms with Crippen molar-refractivity contribution in [1.82, 2.24) is 15.2 Å². The van der Waals surface area contributed by atoms with Crippen molar-refractivity contribution >= 4 is 22.9 Å². The molecule has 4 rings (SSSR count). The maximum Gasteiger partial charge on any atom is 0.225 e. The lowest BCUT2D eigenvalue weighted by atomic mass is 9.87. The quantitative estimate of drug-likeness (QED) is 0.898. The Hall–Kier alpha value is -2.37. The van der Waals surface area contributed by atoms with E-state index in [0.29, 0.717) is 31.3 Å². The average Bonchev–Trinajstić information content (AvgIpc) is 3.37. The number of hydrogen-bond donors (Lipinski definition) is 1. The van der Waals surface area contributed by atoms with Gasteiger partial charge in [-0.3, -0.25) is 9.59 Å². The van der Waals surface area contributed by atoms with Gasteiger partial charge in [0.05, 0.1) is 12.5 Å². The van der Waals surface area contributed by atoms with Gasteiger partial charge in [-0.05, 0) is 42.4 Å². The summed E-state index contributed by atoms with van der Waals surface area (Å²) >= 11 is 0. The van der Waals surface area contributed by atoms with Crippen LogP contribution < -0.4 is 5.32 Å². The van der Waals surface area contributed by atoms with Crippen LogP contribution in [-0.4, -0.2) is 34.3 Å². The molecule has 1 aliphatic carbocycles. The fourth-order valence-corrected chi connectivity index (χ4v) is 3.65. The minimum Gasteiger partial charge on any atom is -0.439 e. The molecule has 1 aliphatic heterocycles. The third-order valence-electron chi connectivity index (χ3n) is 5.51. The standard InChI is InChI=1S/C21H27N3O3/c1-21(2,3)14-5-8-17-16(10-14)23-18(27-17)11-22-20(26)13-4-9-19(25)24(12-13)15-6-7-15/h5,8,10,13,15H,4,6-7,9,11-12H2,1-3H3,(H,22,26)/t13-/m0/s1. The number of carbonyl (C=O) groups excluding carboxylic acids is 2. The molecule has 27 heavy (non-hydrogen) atoms. The highest BCUT2D eigenvalue weighted by Gasteiger charge is 2.38. The van der Waals surface area contributed by atoms with Crippen LogP contribution in [0.3, 0.4) is 0 Å². The summed E-state index contributed by atoms with van der Waals surface area (Å²) in [7, 11) is 0. The molecule has 0 bridgehead atoms. The van der Waals surface area contributed by atoms with E-state index >= 15 is 0 Å². The number of likely N-dealkylation sites (tertiary alicyclic amines) is 1. The number of hydrogen-bond acceptors (Lipinski definition) is 4. The second-order valence-corrected chi connectivity index (χ2v) is 8.77. The van der Waals surface area contributed by atoms with Crippen LogP contribution in [0, 0.1) is 5.92 Å². The molecule has 2 fully saturated rings. The number of piperidine rings is 1. The van der Waals surface area contributed by atoms with Crippen molar-refractivity contribution in [3.05, 3.63) is 29.7 Å². The molecule has 1 saturated heterocycles. The molecule has 0 spiro atoms. The highest BCUT2D eigenvalue weighted by molar-refractivity contribution is 5.84. The van der Waals surface area contributed by atoms with Crippen LogP contribution >= 0.6 is 0 Å². The Bertz CT molecular complexity index is 876. The Balaban J connectivity index is 1.39. The molecular formula is C21H27N3O3. The van der Waals surface area contributed by atoms with Crippen LogP contribution in [0.5, 0.6) is 0 Å². The number of aromatic nitrogens is 1. The van der Waals surface area contributed by atoms with E-state index in [0.717, 1.165) is 23.9 Å². The number of amides is 2. The third kappa shape index (κ3) is 3.84. The predicted molar refractivity (Wildman–Crippen MR) is 102 cm³/mol. The molecule has 1 aromatic carbocycles. The van der Waals surface area contributed by atoms with Crippen LogP contribution in [0.2, 0.25) is 0 Å². The Kier molecular flexibility index (Phi) is 4.44. The largest absolute Gasteiger partial charge is 0.439 e. The SMILES string of the molecule is CC(C)(C)c1ccc2oc(CNC(=O)[C@H]3CCC(=O)N(C4CC4)C3)nc2c1. The van der Waals surface area contributed by atoms with E-state index in [-0.39, 0.29) is 29.7 Å². The van der Waals surface area contributed by atoms with E-state index in [1.807, 2.05) is 17.0 Å². The van der Waals surface area contributed by atoms with Crippen molar-refractivity contribution in [3.8, 4) is 0 Å². The van der Waals surface area contributed by atoms with Crippen LogP contribution in [0.25, 0.3) is 11.1 Å². The monoisotopic (exact) mass is 369 g/mol. The molecule has 0 radical (unpaired) electrons. The fraction of sp³-hybridized carbons (Fsp3) is 0.571. The molecule has 6 nitrogen and oxygen atoms in total. The number of oxazole rings is 1. The number of carbonyl (C=O) groups is 2. The lowest BCUT2D eigenvalue weighted by Gasteiger charge is -2.31. The Morgan fingerprint density at radius 1 is 1.30 bits per heavy atom. The van der Waals surface area contributed by atoms with Gasteiger partial charge in [-0.15, -0.1) is 0 Å². The van der Waals surface area contributed by atoms with Gasteiger partial charge in [0.15, 0.2) is 5.58 Å². The molecule has 0 unspecified atom stereocenters. The smallest absolute Gasteiger partial charge is 0.225 e. The van der Waals surface area contributed by atoms with Gasteiger partial charge in [0.2, 0.25) is 17.7 Å². The van der Waals surface area contributed by atoms with Gasteiger partial charge < -0.3 is 14.6 Å². The number of fused-ring (bicyclic) bond motifs is 1. The fourth-order valence-electron chi connectivity index (χ4n) is 3.65. The van der Waals surface area contributed by atoms with E-state index in [9.17, 15) is 9.59 Å². The summed E-state index contributed by atoms with van der Waals surface area (Å²) in [6.07, 6.45) is 3.22. The van der Waals surface area contributed by atoms with Gasteiger partial charge in [0, 0.05) is 19.0 Å². The van der Waals surface area contributed by atoms with Crippen LogP contribution in [-0.2, 0) is 21.5 Å². The minimum atomic E-state index is -0.139. The highest BCUT2D eigenvalue weighted by Crippen LogP contribution is 2.32. The first-order chi connectivity index (χ1) is 12.8. The maximum atomic E-state index is 12.5. The normalized spacial score (nSPS) is 20.9. The van der Waals surface area contributed by atoms with Gasteiger partial charge in [-0.1, -0.05) is 26.8 Å². The summed E-state index contributed by atoms with van der Waals surface area (Å²) in [6.45, 7) is 7.30. The predicted octanol–water partition coefficient (Wildman–Crippen LogP) is 3.14. The molecule has 1 saturated carbocycles. The first-order valence-electron chi connectivity index (χ1n) is 9.78. The van der Waals surface area contributed by atoms with Gasteiger partial charge in [-0.2, -0.15) is 0 Å². The molecule has 2 aromatic rings. The van der Waals surface area contributed by atoms with Gasteiger partial charge in [-0.25, -0.2) is 4.98 Å². The summed E-state index contributed by atoms with van der Waals surface area (Å²) in [4.78, 5) is 31.0. The summed E-state index contributed by atoms with van der Waals surface area (Å²) in [5.41, 5.74) is 2.80. The first kappa shape index (κ1) is 18.0. The van der Waals surface area contributed by atoms with Crippen molar-refractivity contribution in [1.29, 1.82) is 0 Å². The van der Waals surface area contributed by atoms with Crippen LogP contribution in [0.15, 0.2) is 22.6 Å².